The number of alkyl halides is 3. The fourth-order valence-corrected chi connectivity index (χ4v) is 3.04. The van der Waals surface area contributed by atoms with E-state index in [4.69, 9.17) is 11.6 Å². The van der Waals surface area contributed by atoms with E-state index in [1.807, 2.05) is 6.92 Å². The van der Waals surface area contributed by atoms with Crippen LogP contribution in [0.2, 0.25) is 5.02 Å². The van der Waals surface area contributed by atoms with Crippen molar-refractivity contribution in [1.29, 1.82) is 0 Å². The summed E-state index contributed by atoms with van der Waals surface area (Å²) in [7, 11) is 0. The first kappa shape index (κ1) is 19.6. The van der Waals surface area contributed by atoms with Crippen LogP contribution in [0.4, 0.5) is 13.2 Å². The largest absolute Gasteiger partial charge is 0.416 e. The summed E-state index contributed by atoms with van der Waals surface area (Å²) in [5.41, 5.74) is -0.261. The van der Waals surface area contributed by atoms with E-state index in [1.54, 1.807) is 6.07 Å². The van der Waals surface area contributed by atoms with E-state index in [1.165, 1.54) is 6.07 Å². The van der Waals surface area contributed by atoms with E-state index < -0.39 is 11.7 Å². The SMILES string of the molecule is CCC[C@H](c1ccc(Cl)cc1C(F)(F)F)N1CCNCC1.Cl. The highest BCUT2D eigenvalue weighted by Crippen LogP contribution is 2.39. The van der Waals surface area contributed by atoms with Crippen LogP contribution in [0.5, 0.6) is 0 Å². The second kappa shape index (κ2) is 8.39. The molecule has 1 fully saturated rings. The van der Waals surface area contributed by atoms with E-state index in [0.29, 0.717) is 12.0 Å². The first-order chi connectivity index (χ1) is 9.93. The molecule has 126 valence electrons. The first-order valence-corrected chi connectivity index (χ1v) is 7.62. The van der Waals surface area contributed by atoms with E-state index in [9.17, 15) is 13.2 Å². The molecule has 0 radical (unpaired) electrons. The van der Waals surface area contributed by atoms with Crippen molar-refractivity contribution in [1.82, 2.24) is 10.2 Å². The molecule has 1 atom stereocenters. The molecule has 0 bridgehead atoms. The van der Waals surface area contributed by atoms with Gasteiger partial charge >= 0.3 is 6.18 Å². The van der Waals surface area contributed by atoms with Gasteiger partial charge in [0.15, 0.2) is 0 Å². The van der Waals surface area contributed by atoms with Gasteiger partial charge in [-0.25, -0.2) is 0 Å². The fraction of sp³-hybridized carbons (Fsp3) is 0.600. The number of benzene rings is 1. The van der Waals surface area contributed by atoms with Crippen LogP contribution in [-0.4, -0.2) is 31.1 Å². The maximum atomic E-state index is 13.3. The molecule has 0 aromatic heterocycles. The number of halogens is 5. The van der Waals surface area contributed by atoms with E-state index in [2.05, 4.69) is 10.2 Å². The Bertz CT molecular complexity index is 474. The summed E-state index contributed by atoms with van der Waals surface area (Å²) in [5, 5.41) is 3.36. The summed E-state index contributed by atoms with van der Waals surface area (Å²) >= 11 is 5.77. The molecule has 0 spiro atoms. The molecule has 0 saturated carbocycles. The highest BCUT2D eigenvalue weighted by Gasteiger charge is 2.36. The third-order valence-corrected chi connectivity index (χ3v) is 4.07. The maximum Gasteiger partial charge on any atom is 0.416 e. The minimum Gasteiger partial charge on any atom is -0.314 e. The van der Waals surface area contributed by atoms with Gasteiger partial charge in [0.1, 0.15) is 0 Å². The van der Waals surface area contributed by atoms with Gasteiger partial charge in [0.05, 0.1) is 5.56 Å². The number of nitrogens with zero attached hydrogens (tertiary/aromatic N) is 1. The number of nitrogens with one attached hydrogen (secondary N) is 1. The van der Waals surface area contributed by atoms with Crippen molar-refractivity contribution in [3.8, 4) is 0 Å². The van der Waals surface area contributed by atoms with Gasteiger partial charge in [0.25, 0.3) is 0 Å². The summed E-state index contributed by atoms with van der Waals surface area (Å²) < 4.78 is 39.9. The molecule has 1 aliphatic rings. The standard InChI is InChI=1S/C15H20ClF3N2.ClH/c1-2-3-14(21-8-6-20-7-9-21)12-5-4-11(16)10-13(12)15(17,18)19;/h4-5,10,14,20H,2-3,6-9H2,1H3;1H/t14-;/m1./s1. The summed E-state index contributed by atoms with van der Waals surface area (Å²) in [5.74, 6) is 0. The Labute approximate surface area is 140 Å². The molecule has 1 aromatic rings. The lowest BCUT2D eigenvalue weighted by atomic mass is 9.94. The van der Waals surface area contributed by atoms with E-state index >= 15 is 0 Å². The van der Waals surface area contributed by atoms with Crippen LogP contribution < -0.4 is 5.32 Å². The zero-order valence-electron chi connectivity index (χ0n) is 12.4. The van der Waals surface area contributed by atoms with Crippen molar-refractivity contribution < 1.29 is 13.2 Å². The minimum atomic E-state index is -4.37. The number of hydrogen-bond acceptors (Lipinski definition) is 2. The predicted octanol–water partition coefficient (Wildman–Crippen LogP) is 4.53. The summed E-state index contributed by atoms with van der Waals surface area (Å²) in [4.78, 5) is 2.14. The molecule has 0 amide bonds. The minimum absolute atomic E-state index is 0. The molecular formula is C15H21Cl2F3N2. The van der Waals surface area contributed by atoms with Gasteiger partial charge < -0.3 is 5.32 Å². The molecule has 1 heterocycles. The van der Waals surface area contributed by atoms with E-state index in [0.717, 1.165) is 38.7 Å². The Hall–Kier alpha value is -0.490. The summed E-state index contributed by atoms with van der Waals surface area (Å²) in [6.07, 6.45) is -2.82. The Morgan fingerprint density at radius 3 is 2.45 bits per heavy atom. The summed E-state index contributed by atoms with van der Waals surface area (Å²) in [6, 6.07) is 3.93. The van der Waals surface area contributed by atoms with Crippen LogP contribution in [0.25, 0.3) is 0 Å². The zero-order valence-corrected chi connectivity index (χ0v) is 14.0. The molecule has 1 saturated heterocycles. The van der Waals surface area contributed by atoms with Crippen LogP contribution in [0.1, 0.15) is 36.9 Å². The van der Waals surface area contributed by atoms with Crippen molar-refractivity contribution in [3.63, 3.8) is 0 Å². The van der Waals surface area contributed by atoms with Gasteiger partial charge in [-0.1, -0.05) is 31.0 Å². The topological polar surface area (TPSA) is 15.3 Å². The first-order valence-electron chi connectivity index (χ1n) is 7.25. The average Bonchev–Trinajstić information content (AvgIpc) is 2.45. The third-order valence-electron chi connectivity index (χ3n) is 3.83. The van der Waals surface area contributed by atoms with Crippen LogP contribution in [0, 0.1) is 0 Å². The zero-order chi connectivity index (χ0) is 15.5. The van der Waals surface area contributed by atoms with Crippen LogP contribution in [-0.2, 0) is 6.18 Å². The summed E-state index contributed by atoms with van der Waals surface area (Å²) in [6.45, 7) is 5.16. The average molecular weight is 357 g/mol. The highest BCUT2D eigenvalue weighted by atomic mass is 35.5. The lowest BCUT2D eigenvalue weighted by Gasteiger charge is -2.36. The lowest BCUT2D eigenvalue weighted by Crippen LogP contribution is -2.45. The smallest absolute Gasteiger partial charge is 0.314 e. The fourth-order valence-electron chi connectivity index (χ4n) is 2.87. The molecule has 1 aliphatic heterocycles. The van der Waals surface area contributed by atoms with Crippen molar-refractivity contribution >= 4 is 24.0 Å². The molecule has 1 aromatic carbocycles. The second-order valence-electron chi connectivity index (χ2n) is 5.32. The van der Waals surface area contributed by atoms with Gasteiger partial charge in [-0.2, -0.15) is 13.2 Å². The maximum absolute atomic E-state index is 13.3. The van der Waals surface area contributed by atoms with Crippen molar-refractivity contribution in [3.05, 3.63) is 34.3 Å². The van der Waals surface area contributed by atoms with Gasteiger partial charge in [-0.3, -0.25) is 4.90 Å². The quantitative estimate of drug-likeness (QED) is 0.852. The molecule has 0 aliphatic carbocycles. The molecule has 2 nitrogen and oxygen atoms in total. The van der Waals surface area contributed by atoms with Gasteiger partial charge in [-0.05, 0) is 24.1 Å². The molecule has 1 N–H and O–H groups in total. The van der Waals surface area contributed by atoms with Crippen molar-refractivity contribution in [2.75, 3.05) is 26.2 Å². The van der Waals surface area contributed by atoms with E-state index in [-0.39, 0.29) is 23.5 Å². The van der Waals surface area contributed by atoms with Gasteiger partial charge in [0.2, 0.25) is 0 Å². The van der Waals surface area contributed by atoms with Crippen LogP contribution >= 0.6 is 24.0 Å². The van der Waals surface area contributed by atoms with Gasteiger partial charge in [0, 0.05) is 37.2 Å². The Balaban J connectivity index is 0.00000242. The van der Waals surface area contributed by atoms with Crippen LogP contribution in [0.3, 0.4) is 0 Å². The molecule has 7 heteroatoms. The Kier molecular flexibility index (Phi) is 7.46. The third kappa shape index (κ3) is 4.75. The second-order valence-corrected chi connectivity index (χ2v) is 5.76. The monoisotopic (exact) mass is 356 g/mol. The molecule has 22 heavy (non-hydrogen) atoms. The number of rotatable bonds is 4. The molecular weight excluding hydrogens is 336 g/mol. The van der Waals surface area contributed by atoms with Crippen LogP contribution in [0.15, 0.2) is 18.2 Å². The van der Waals surface area contributed by atoms with Crippen molar-refractivity contribution in [2.24, 2.45) is 0 Å². The molecule has 2 rings (SSSR count). The Morgan fingerprint density at radius 2 is 1.91 bits per heavy atom. The van der Waals surface area contributed by atoms with Crippen molar-refractivity contribution in [2.45, 2.75) is 32.0 Å². The normalized spacial score (nSPS) is 17.9. The highest BCUT2D eigenvalue weighted by molar-refractivity contribution is 6.30. The number of hydrogen-bond donors (Lipinski definition) is 1. The van der Waals surface area contributed by atoms with Gasteiger partial charge in [-0.15, -0.1) is 12.4 Å². The number of piperazine rings is 1. The predicted molar refractivity (Wildman–Crippen MR) is 85.8 cm³/mol. The Morgan fingerprint density at radius 1 is 1.27 bits per heavy atom. The molecule has 0 unspecified atom stereocenters. The lowest BCUT2D eigenvalue weighted by molar-refractivity contribution is -0.138.